The lowest BCUT2D eigenvalue weighted by Gasteiger charge is -2.57. The highest BCUT2D eigenvalue weighted by Gasteiger charge is 2.57. The number of fused-ring (bicyclic) bond motifs is 5. The molecule has 4 rings (SSSR count). The van der Waals surface area contributed by atoms with E-state index in [4.69, 9.17) is 0 Å². The summed E-state index contributed by atoms with van der Waals surface area (Å²) in [5, 5.41) is 13.2. The van der Waals surface area contributed by atoms with E-state index in [1.807, 2.05) is 0 Å². The van der Waals surface area contributed by atoms with Crippen molar-refractivity contribution >= 4 is 5.91 Å². The molecule has 4 aliphatic rings. The van der Waals surface area contributed by atoms with Gasteiger partial charge in [-0.2, -0.15) is 0 Å². The summed E-state index contributed by atoms with van der Waals surface area (Å²) in [5.41, 5.74) is 2.36. The molecule has 0 aromatic carbocycles. The highest BCUT2D eigenvalue weighted by atomic mass is 16.3. The van der Waals surface area contributed by atoms with Crippen molar-refractivity contribution < 1.29 is 9.90 Å². The van der Waals surface area contributed by atoms with E-state index in [0.29, 0.717) is 16.7 Å². The zero-order chi connectivity index (χ0) is 17.8. The van der Waals surface area contributed by atoms with Gasteiger partial charge in [0, 0.05) is 13.5 Å². The highest BCUT2D eigenvalue weighted by molar-refractivity contribution is 5.72. The van der Waals surface area contributed by atoms with E-state index >= 15 is 0 Å². The smallest absolute Gasteiger partial charge is 0.216 e. The third-order valence-electron chi connectivity index (χ3n) is 8.58. The summed E-state index contributed by atoms with van der Waals surface area (Å²) in [7, 11) is 0. The predicted octanol–water partition coefficient (Wildman–Crippen LogP) is 4.06. The summed E-state index contributed by atoms with van der Waals surface area (Å²) in [4.78, 5) is 11.3. The van der Waals surface area contributed by atoms with E-state index < -0.39 is 0 Å². The van der Waals surface area contributed by atoms with Gasteiger partial charge in [0.15, 0.2) is 0 Å². The van der Waals surface area contributed by atoms with E-state index in [0.717, 1.165) is 37.1 Å². The van der Waals surface area contributed by atoms with Crippen LogP contribution in [0.1, 0.15) is 72.1 Å². The van der Waals surface area contributed by atoms with Gasteiger partial charge in [-0.3, -0.25) is 4.79 Å². The van der Waals surface area contributed by atoms with Crippen LogP contribution >= 0.6 is 0 Å². The summed E-state index contributed by atoms with van der Waals surface area (Å²) < 4.78 is 0. The number of nitrogens with one attached hydrogen (secondary N) is 1. The molecule has 25 heavy (non-hydrogen) atoms. The molecule has 0 heterocycles. The van der Waals surface area contributed by atoms with Crippen LogP contribution < -0.4 is 5.32 Å². The Bertz CT molecular complexity index is 585. The number of aliphatic hydroxyl groups excluding tert-OH is 1. The maximum atomic E-state index is 11.3. The lowest BCUT2D eigenvalue weighted by atomic mass is 9.48. The van der Waals surface area contributed by atoms with Crippen LogP contribution in [0.2, 0.25) is 0 Å². The van der Waals surface area contributed by atoms with Crippen molar-refractivity contribution in [1.29, 1.82) is 0 Å². The minimum absolute atomic E-state index is 0.108. The number of allylic oxidation sites excluding steroid dienone is 1. The number of rotatable bonds is 2. The average Bonchev–Trinajstić information content (AvgIpc) is 2.90. The molecule has 2 N–H and O–H groups in total. The summed E-state index contributed by atoms with van der Waals surface area (Å²) in [5.74, 6) is 3.19. The number of hydrogen-bond donors (Lipinski definition) is 2. The van der Waals surface area contributed by atoms with Crippen molar-refractivity contribution in [1.82, 2.24) is 5.32 Å². The molecule has 3 nitrogen and oxygen atoms in total. The highest BCUT2D eigenvalue weighted by Crippen LogP contribution is 2.65. The first-order valence-electron chi connectivity index (χ1n) is 10.4. The summed E-state index contributed by atoms with van der Waals surface area (Å²) in [6.07, 6.45) is 11.9. The second-order valence-electron chi connectivity index (χ2n) is 10.1. The van der Waals surface area contributed by atoms with Gasteiger partial charge in [0.1, 0.15) is 0 Å². The van der Waals surface area contributed by atoms with Gasteiger partial charge in [-0.25, -0.2) is 0 Å². The predicted molar refractivity (Wildman–Crippen MR) is 99.9 cm³/mol. The molecule has 3 heteroatoms. The quantitative estimate of drug-likeness (QED) is 0.742. The maximum absolute atomic E-state index is 11.3. The topological polar surface area (TPSA) is 49.3 Å². The van der Waals surface area contributed by atoms with Crippen LogP contribution in [-0.2, 0) is 4.79 Å². The molecule has 0 aliphatic heterocycles. The van der Waals surface area contributed by atoms with Gasteiger partial charge in [-0.15, -0.1) is 0 Å². The molecule has 7 atom stereocenters. The standard InChI is InChI=1S/C22H35NO2/c1-14(24)23-13-15-10-20-18-5-4-16-11-17(25)6-9-22(16,3)19(18)7-8-21(20,2)12-15/h4,15,17-20,25H,5-13H2,1-3H3,(H,23,24)/t15?,17?,18-,19+,20+,21-,22+/m1/s1. The number of hydrogen-bond acceptors (Lipinski definition) is 2. The Labute approximate surface area is 152 Å². The van der Waals surface area contributed by atoms with Crippen molar-refractivity contribution in [3.05, 3.63) is 11.6 Å². The minimum atomic E-state index is -0.113. The van der Waals surface area contributed by atoms with Crippen LogP contribution in [0.4, 0.5) is 0 Å². The van der Waals surface area contributed by atoms with Crippen molar-refractivity contribution in [2.75, 3.05) is 6.54 Å². The van der Waals surface area contributed by atoms with Crippen LogP contribution in [0.15, 0.2) is 11.6 Å². The second kappa shape index (κ2) is 6.11. The lowest BCUT2D eigenvalue weighted by molar-refractivity contribution is -0.119. The van der Waals surface area contributed by atoms with Gasteiger partial charge in [-0.05, 0) is 85.9 Å². The van der Waals surface area contributed by atoms with Gasteiger partial charge in [-0.1, -0.05) is 25.5 Å². The van der Waals surface area contributed by atoms with Crippen LogP contribution in [0.25, 0.3) is 0 Å². The van der Waals surface area contributed by atoms with E-state index in [9.17, 15) is 9.90 Å². The van der Waals surface area contributed by atoms with Crippen molar-refractivity contribution in [3.8, 4) is 0 Å². The SMILES string of the molecule is CC(=O)NCC1C[C@H]2[C@@H]3CC=C4CC(O)CC[C@]4(C)[C@H]3CC[C@]2(C)C1. The third-order valence-corrected chi connectivity index (χ3v) is 8.58. The Kier molecular flexibility index (Phi) is 4.30. The van der Waals surface area contributed by atoms with Gasteiger partial charge in [0.2, 0.25) is 5.91 Å². The monoisotopic (exact) mass is 345 g/mol. The fourth-order valence-corrected chi connectivity index (χ4v) is 7.29. The Morgan fingerprint density at radius 2 is 2.08 bits per heavy atom. The molecule has 140 valence electrons. The largest absolute Gasteiger partial charge is 0.393 e. The number of amides is 1. The summed E-state index contributed by atoms with van der Waals surface area (Å²) in [6.45, 7) is 7.51. The molecule has 4 aliphatic carbocycles. The first kappa shape index (κ1) is 17.6. The summed E-state index contributed by atoms with van der Waals surface area (Å²) >= 11 is 0. The molecular formula is C22H35NO2. The Balaban J connectivity index is 1.55. The van der Waals surface area contributed by atoms with E-state index in [1.165, 1.54) is 38.5 Å². The van der Waals surface area contributed by atoms with Crippen LogP contribution in [0, 0.1) is 34.5 Å². The Morgan fingerprint density at radius 1 is 1.28 bits per heavy atom. The van der Waals surface area contributed by atoms with Crippen molar-refractivity contribution in [2.24, 2.45) is 34.5 Å². The maximum Gasteiger partial charge on any atom is 0.216 e. The lowest BCUT2D eigenvalue weighted by Crippen LogP contribution is -2.49. The minimum Gasteiger partial charge on any atom is -0.393 e. The molecule has 2 unspecified atom stereocenters. The van der Waals surface area contributed by atoms with E-state index in [1.54, 1.807) is 12.5 Å². The second-order valence-corrected chi connectivity index (χ2v) is 10.1. The summed E-state index contributed by atoms with van der Waals surface area (Å²) in [6, 6.07) is 0. The molecule has 1 amide bonds. The first-order chi connectivity index (χ1) is 11.8. The van der Waals surface area contributed by atoms with Crippen molar-refractivity contribution in [3.63, 3.8) is 0 Å². The molecule has 0 bridgehead atoms. The molecule has 3 saturated carbocycles. The fraction of sp³-hybridized carbons (Fsp3) is 0.864. The van der Waals surface area contributed by atoms with Crippen LogP contribution in [-0.4, -0.2) is 23.7 Å². The first-order valence-corrected chi connectivity index (χ1v) is 10.4. The zero-order valence-corrected chi connectivity index (χ0v) is 16.2. The molecule has 3 fully saturated rings. The van der Waals surface area contributed by atoms with Crippen LogP contribution in [0.5, 0.6) is 0 Å². The molecule has 0 spiro atoms. The van der Waals surface area contributed by atoms with Crippen molar-refractivity contribution in [2.45, 2.75) is 78.2 Å². The Hall–Kier alpha value is -0.830. The van der Waals surface area contributed by atoms with Gasteiger partial charge < -0.3 is 10.4 Å². The third kappa shape index (κ3) is 2.87. The van der Waals surface area contributed by atoms with E-state index in [2.05, 4.69) is 25.2 Å². The number of carbonyl (C=O) groups excluding carboxylic acids is 1. The number of aliphatic hydroxyl groups is 1. The van der Waals surface area contributed by atoms with Gasteiger partial charge >= 0.3 is 0 Å². The zero-order valence-electron chi connectivity index (χ0n) is 16.2. The van der Waals surface area contributed by atoms with Gasteiger partial charge in [0.05, 0.1) is 6.10 Å². The molecule has 0 aromatic heterocycles. The molecule has 0 saturated heterocycles. The molecule has 0 aromatic rings. The molecular weight excluding hydrogens is 310 g/mol. The fourth-order valence-electron chi connectivity index (χ4n) is 7.29. The Morgan fingerprint density at radius 3 is 2.84 bits per heavy atom. The average molecular weight is 346 g/mol. The van der Waals surface area contributed by atoms with Gasteiger partial charge in [0.25, 0.3) is 0 Å². The normalized spacial score (nSPS) is 48.8. The van der Waals surface area contributed by atoms with E-state index in [-0.39, 0.29) is 12.0 Å². The molecule has 0 radical (unpaired) electrons. The number of carbonyl (C=O) groups is 1. The van der Waals surface area contributed by atoms with Crippen LogP contribution in [0.3, 0.4) is 0 Å².